The van der Waals surface area contributed by atoms with Crippen molar-refractivity contribution < 1.29 is 4.42 Å². The van der Waals surface area contributed by atoms with Gasteiger partial charge in [0.2, 0.25) is 11.0 Å². The molecule has 0 aliphatic carbocycles. The Labute approximate surface area is 145 Å². The zero-order chi connectivity index (χ0) is 16.2. The van der Waals surface area contributed by atoms with Crippen LogP contribution in [0.2, 0.25) is 0 Å². The normalized spacial score (nSPS) is 11.0. The molecule has 120 valence electrons. The number of thioether (sulfide) groups is 1. The Kier molecular flexibility index (Phi) is 4.34. The lowest BCUT2D eigenvalue weighted by atomic mass is 10.2. The molecule has 0 saturated carbocycles. The maximum absolute atomic E-state index is 5.67. The van der Waals surface area contributed by atoms with E-state index in [9.17, 15) is 0 Å². The summed E-state index contributed by atoms with van der Waals surface area (Å²) < 4.78 is 7.43. The molecule has 0 aliphatic rings. The van der Waals surface area contributed by atoms with Gasteiger partial charge in [-0.15, -0.1) is 26.6 Å². The van der Waals surface area contributed by atoms with Crippen molar-refractivity contribution >= 4 is 23.1 Å². The minimum atomic E-state index is 0.521. The first-order chi connectivity index (χ1) is 11.9. The lowest BCUT2D eigenvalue weighted by Crippen LogP contribution is -2.03. The van der Waals surface area contributed by atoms with Gasteiger partial charge in [-0.05, 0) is 27.4 Å². The van der Waals surface area contributed by atoms with E-state index in [0.717, 1.165) is 15.6 Å². The van der Waals surface area contributed by atoms with Crippen LogP contribution in [0.3, 0.4) is 0 Å². The van der Waals surface area contributed by atoms with Crippen LogP contribution in [0.4, 0.5) is 0 Å². The quantitative estimate of drug-likeness (QED) is 0.491. The monoisotopic (exact) mass is 356 g/mol. The Bertz CT molecular complexity index is 903. The fourth-order valence-corrected chi connectivity index (χ4v) is 3.45. The van der Waals surface area contributed by atoms with Gasteiger partial charge in [0, 0.05) is 0 Å². The zero-order valence-electron chi connectivity index (χ0n) is 12.4. The first-order valence-corrected chi connectivity index (χ1v) is 9.04. The summed E-state index contributed by atoms with van der Waals surface area (Å²) in [6.45, 7) is 0.625. The fraction of sp³-hybridized carbons (Fsp3) is 0.133. The Morgan fingerprint density at radius 3 is 2.79 bits per heavy atom. The highest BCUT2D eigenvalue weighted by Gasteiger charge is 2.12. The van der Waals surface area contributed by atoms with Gasteiger partial charge < -0.3 is 4.42 Å². The first-order valence-electron chi connectivity index (χ1n) is 7.17. The van der Waals surface area contributed by atoms with Crippen LogP contribution in [0.25, 0.3) is 10.8 Å². The van der Waals surface area contributed by atoms with Gasteiger partial charge in [0.15, 0.2) is 0 Å². The molecule has 24 heavy (non-hydrogen) atoms. The van der Waals surface area contributed by atoms with Crippen LogP contribution in [0, 0.1) is 0 Å². The van der Waals surface area contributed by atoms with E-state index < -0.39 is 0 Å². The van der Waals surface area contributed by atoms with Gasteiger partial charge in [-0.2, -0.15) is 0 Å². The van der Waals surface area contributed by atoms with Gasteiger partial charge in [0.1, 0.15) is 0 Å². The Morgan fingerprint density at radius 1 is 1.04 bits per heavy atom. The van der Waals surface area contributed by atoms with Crippen molar-refractivity contribution in [3.63, 3.8) is 0 Å². The van der Waals surface area contributed by atoms with E-state index in [1.165, 1.54) is 11.8 Å². The van der Waals surface area contributed by atoms with E-state index >= 15 is 0 Å². The highest BCUT2D eigenvalue weighted by Crippen LogP contribution is 2.25. The molecule has 0 spiro atoms. The molecular formula is C15H12N6OS2. The minimum Gasteiger partial charge on any atom is -0.419 e. The Balaban J connectivity index is 1.43. The first kappa shape index (κ1) is 15.0. The standard InChI is InChI=1S/C15H12N6OS2/c1-2-5-11(6-3-1)9-21-15(18-19-20-21)24-10-13-16-17-14(22-13)12-7-4-8-23-12/h1-8H,9-10H2. The van der Waals surface area contributed by atoms with Crippen molar-refractivity contribution in [2.75, 3.05) is 0 Å². The number of rotatable bonds is 6. The van der Waals surface area contributed by atoms with Gasteiger partial charge in [0.05, 0.1) is 17.2 Å². The van der Waals surface area contributed by atoms with E-state index in [2.05, 4.69) is 25.7 Å². The summed E-state index contributed by atoms with van der Waals surface area (Å²) in [7, 11) is 0. The number of hydrogen-bond acceptors (Lipinski definition) is 8. The molecule has 4 rings (SSSR count). The molecule has 0 saturated heterocycles. The Hall–Kier alpha value is -2.52. The molecule has 0 fully saturated rings. The number of nitrogens with zero attached hydrogens (tertiary/aromatic N) is 6. The fourth-order valence-electron chi connectivity index (χ4n) is 2.09. The molecule has 0 radical (unpaired) electrons. The average molecular weight is 356 g/mol. The largest absolute Gasteiger partial charge is 0.419 e. The number of hydrogen-bond donors (Lipinski definition) is 0. The lowest BCUT2D eigenvalue weighted by molar-refractivity contribution is 0.529. The highest BCUT2D eigenvalue weighted by molar-refractivity contribution is 7.98. The summed E-state index contributed by atoms with van der Waals surface area (Å²) in [6.07, 6.45) is 0. The van der Waals surface area contributed by atoms with Crippen molar-refractivity contribution in [1.82, 2.24) is 30.4 Å². The van der Waals surface area contributed by atoms with Gasteiger partial charge in [-0.1, -0.05) is 48.2 Å². The third-order valence-electron chi connectivity index (χ3n) is 3.20. The van der Waals surface area contributed by atoms with E-state index in [-0.39, 0.29) is 0 Å². The molecule has 3 heterocycles. The zero-order valence-corrected chi connectivity index (χ0v) is 14.1. The van der Waals surface area contributed by atoms with Crippen LogP contribution in [0.15, 0.2) is 57.4 Å². The van der Waals surface area contributed by atoms with Gasteiger partial charge in [0.25, 0.3) is 5.89 Å². The lowest BCUT2D eigenvalue weighted by Gasteiger charge is -2.03. The molecule has 4 aromatic rings. The van der Waals surface area contributed by atoms with Crippen molar-refractivity contribution in [3.05, 3.63) is 59.3 Å². The van der Waals surface area contributed by atoms with Gasteiger partial charge >= 0.3 is 0 Å². The summed E-state index contributed by atoms with van der Waals surface area (Å²) >= 11 is 3.04. The van der Waals surface area contributed by atoms with Crippen LogP contribution in [-0.2, 0) is 12.3 Å². The predicted molar refractivity (Wildman–Crippen MR) is 90.5 cm³/mol. The predicted octanol–water partition coefficient (Wildman–Crippen LogP) is 3.13. The second kappa shape index (κ2) is 6.93. The maximum atomic E-state index is 5.67. The van der Waals surface area contributed by atoms with E-state index in [1.807, 2.05) is 47.8 Å². The summed E-state index contributed by atoms with van der Waals surface area (Å²) in [5.41, 5.74) is 1.14. The minimum absolute atomic E-state index is 0.521. The van der Waals surface area contributed by atoms with Gasteiger partial charge in [-0.25, -0.2) is 4.68 Å². The molecule has 1 aromatic carbocycles. The van der Waals surface area contributed by atoms with Crippen molar-refractivity contribution in [1.29, 1.82) is 0 Å². The highest BCUT2D eigenvalue weighted by atomic mass is 32.2. The number of thiophene rings is 1. The SMILES string of the molecule is c1ccc(Cn2nnnc2SCc2nnc(-c3cccs3)o2)cc1. The molecule has 9 heteroatoms. The third-order valence-corrected chi connectivity index (χ3v) is 5.00. The van der Waals surface area contributed by atoms with Crippen molar-refractivity contribution in [2.24, 2.45) is 0 Å². The smallest absolute Gasteiger partial charge is 0.257 e. The molecular weight excluding hydrogens is 344 g/mol. The molecule has 7 nitrogen and oxygen atoms in total. The van der Waals surface area contributed by atoms with Crippen LogP contribution in [0.1, 0.15) is 11.5 Å². The molecule has 0 bridgehead atoms. The maximum Gasteiger partial charge on any atom is 0.257 e. The second-order valence-electron chi connectivity index (χ2n) is 4.87. The molecule has 3 aromatic heterocycles. The number of aromatic nitrogens is 6. The molecule has 0 N–H and O–H groups in total. The molecule has 0 atom stereocenters. The second-order valence-corrected chi connectivity index (χ2v) is 6.76. The van der Waals surface area contributed by atoms with E-state index in [4.69, 9.17) is 4.42 Å². The van der Waals surface area contributed by atoms with E-state index in [1.54, 1.807) is 16.0 Å². The summed E-state index contributed by atoms with van der Waals surface area (Å²) in [4.78, 5) is 0.965. The van der Waals surface area contributed by atoms with Crippen LogP contribution < -0.4 is 0 Å². The van der Waals surface area contributed by atoms with Gasteiger partial charge in [-0.3, -0.25) is 0 Å². The topological polar surface area (TPSA) is 82.5 Å². The third kappa shape index (κ3) is 3.36. The van der Waals surface area contributed by atoms with Crippen molar-refractivity contribution in [2.45, 2.75) is 17.5 Å². The summed E-state index contributed by atoms with van der Waals surface area (Å²) in [5.74, 6) is 1.62. The molecule has 0 aliphatic heterocycles. The van der Waals surface area contributed by atoms with Crippen LogP contribution >= 0.6 is 23.1 Å². The van der Waals surface area contributed by atoms with Crippen molar-refractivity contribution in [3.8, 4) is 10.8 Å². The van der Waals surface area contributed by atoms with Crippen LogP contribution in [0.5, 0.6) is 0 Å². The summed E-state index contributed by atoms with van der Waals surface area (Å²) in [6, 6.07) is 14.0. The van der Waals surface area contributed by atoms with Crippen LogP contribution in [-0.4, -0.2) is 30.4 Å². The molecule has 0 amide bonds. The number of tetrazole rings is 1. The number of benzene rings is 1. The summed E-state index contributed by atoms with van der Waals surface area (Å²) in [5, 5.41) is 22.7. The van der Waals surface area contributed by atoms with E-state index in [0.29, 0.717) is 24.1 Å². The average Bonchev–Trinajstić information content (AvgIpc) is 3.36. The Morgan fingerprint density at radius 2 is 1.96 bits per heavy atom. The molecule has 0 unspecified atom stereocenters.